The highest BCUT2D eigenvalue weighted by Gasteiger charge is 2.31. The van der Waals surface area contributed by atoms with Crippen molar-refractivity contribution >= 4 is 28.8 Å². The van der Waals surface area contributed by atoms with Gasteiger partial charge in [0.2, 0.25) is 0 Å². The average Bonchev–Trinajstić information content (AvgIpc) is 2.90. The number of alkyl halides is 3. The molecule has 0 bridgehead atoms. The molecule has 2 aromatic heterocycles. The molecule has 0 spiro atoms. The van der Waals surface area contributed by atoms with Gasteiger partial charge in [0, 0.05) is 4.88 Å². The number of hydrogen-bond acceptors (Lipinski definition) is 3. The van der Waals surface area contributed by atoms with Crippen molar-refractivity contribution in [1.82, 2.24) is 4.98 Å². The molecule has 0 aliphatic carbocycles. The van der Waals surface area contributed by atoms with Crippen molar-refractivity contribution in [2.45, 2.75) is 32.0 Å². The van der Waals surface area contributed by atoms with Crippen molar-refractivity contribution in [3.63, 3.8) is 0 Å². The monoisotopic (exact) mass is 334 g/mol. The molecule has 0 amide bonds. The standard InChI is InChI=1S/C14H14ClF3N2S/c1-2-4-10(11-5-3-6-21-11)19-13-8-9(14(16,17)18)7-12(15)20-13/h3,5-8,10H,2,4H2,1H3,(H,19,20). The van der Waals surface area contributed by atoms with Crippen molar-refractivity contribution in [2.24, 2.45) is 0 Å². The minimum atomic E-state index is -4.44. The second kappa shape index (κ2) is 6.66. The van der Waals surface area contributed by atoms with E-state index in [9.17, 15) is 13.2 Å². The number of thiophene rings is 1. The maximum atomic E-state index is 12.8. The van der Waals surface area contributed by atoms with Gasteiger partial charge in [-0.15, -0.1) is 11.3 Å². The van der Waals surface area contributed by atoms with E-state index in [2.05, 4.69) is 10.3 Å². The van der Waals surface area contributed by atoms with Crippen LogP contribution in [-0.2, 0) is 6.18 Å². The summed E-state index contributed by atoms with van der Waals surface area (Å²) < 4.78 is 38.4. The minimum Gasteiger partial charge on any atom is -0.362 e. The summed E-state index contributed by atoms with van der Waals surface area (Å²) in [6, 6.07) is 5.61. The molecular weight excluding hydrogens is 321 g/mol. The maximum Gasteiger partial charge on any atom is 0.416 e. The van der Waals surface area contributed by atoms with Gasteiger partial charge in [-0.25, -0.2) is 4.98 Å². The second-order valence-electron chi connectivity index (χ2n) is 4.56. The van der Waals surface area contributed by atoms with E-state index >= 15 is 0 Å². The fourth-order valence-corrected chi connectivity index (χ4v) is 3.00. The Hall–Kier alpha value is -1.27. The van der Waals surface area contributed by atoms with E-state index in [0.717, 1.165) is 29.9 Å². The summed E-state index contributed by atoms with van der Waals surface area (Å²) in [6.45, 7) is 2.02. The summed E-state index contributed by atoms with van der Waals surface area (Å²) >= 11 is 7.25. The molecule has 1 unspecified atom stereocenters. The van der Waals surface area contributed by atoms with Gasteiger partial charge in [0.25, 0.3) is 0 Å². The van der Waals surface area contributed by atoms with E-state index in [1.165, 1.54) is 0 Å². The number of nitrogens with one attached hydrogen (secondary N) is 1. The maximum absolute atomic E-state index is 12.8. The molecule has 0 fully saturated rings. The lowest BCUT2D eigenvalue weighted by Gasteiger charge is -2.18. The fraction of sp³-hybridized carbons (Fsp3) is 0.357. The molecule has 7 heteroatoms. The zero-order valence-corrected chi connectivity index (χ0v) is 12.8. The Morgan fingerprint density at radius 1 is 1.38 bits per heavy atom. The summed E-state index contributed by atoms with van der Waals surface area (Å²) in [7, 11) is 0. The Balaban J connectivity index is 2.26. The molecule has 21 heavy (non-hydrogen) atoms. The van der Waals surface area contributed by atoms with E-state index in [0.29, 0.717) is 0 Å². The van der Waals surface area contributed by atoms with Crippen LogP contribution in [0.1, 0.15) is 36.2 Å². The summed E-state index contributed by atoms with van der Waals surface area (Å²) in [6.07, 6.45) is -2.73. The average molecular weight is 335 g/mol. The molecule has 2 aromatic rings. The van der Waals surface area contributed by atoms with Crippen LogP contribution in [0.2, 0.25) is 5.15 Å². The number of anilines is 1. The van der Waals surface area contributed by atoms with Crippen molar-refractivity contribution in [3.8, 4) is 0 Å². The summed E-state index contributed by atoms with van der Waals surface area (Å²) in [5.74, 6) is 0.140. The Bertz CT molecular complexity index is 584. The molecule has 0 aliphatic heterocycles. The molecule has 2 heterocycles. The third kappa shape index (κ3) is 4.35. The Labute approximate surface area is 130 Å². The molecule has 2 rings (SSSR count). The highest BCUT2D eigenvalue weighted by molar-refractivity contribution is 7.10. The van der Waals surface area contributed by atoms with Crippen molar-refractivity contribution in [1.29, 1.82) is 0 Å². The first-order valence-electron chi connectivity index (χ1n) is 6.45. The van der Waals surface area contributed by atoms with Crippen molar-refractivity contribution < 1.29 is 13.2 Å². The van der Waals surface area contributed by atoms with Crippen LogP contribution < -0.4 is 5.32 Å². The summed E-state index contributed by atoms with van der Waals surface area (Å²) in [4.78, 5) is 5.00. The van der Waals surface area contributed by atoms with E-state index in [1.807, 2.05) is 24.4 Å². The molecular formula is C14H14ClF3N2S. The van der Waals surface area contributed by atoms with Gasteiger partial charge in [0.15, 0.2) is 0 Å². The smallest absolute Gasteiger partial charge is 0.362 e. The van der Waals surface area contributed by atoms with Gasteiger partial charge in [0.1, 0.15) is 11.0 Å². The summed E-state index contributed by atoms with van der Waals surface area (Å²) in [5.41, 5.74) is -0.800. The first kappa shape index (κ1) is 16.1. The van der Waals surface area contributed by atoms with E-state index in [1.54, 1.807) is 11.3 Å². The zero-order chi connectivity index (χ0) is 15.5. The van der Waals surface area contributed by atoms with Crippen molar-refractivity contribution in [3.05, 3.63) is 45.2 Å². The van der Waals surface area contributed by atoms with Crippen LogP contribution in [0.4, 0.5) is 19.0 Å². The van der Waals surface area contributed by atoms with Crippen LogP contribution in [0.3, 0.4) is 0 Å². The summed E-state index contributed by atoms with van der Waals surface area (Å²) in [5, 5.41) is 4.81. The topological polar surface area (TPSA) is 24.9 Å². The third-order valence-electron chi connectivity index (χ3n) is 2.91. The molecule has 0 aromatic carbocycles. The minimum absolute atomic E-state index is 0.0675. The van der Waals surface area contributed by atoms with Gasteiger partial charge in [0.05, 0.1) is 11.6 Å². The van der Waals surface area contributed by atoms with Gasteiger partial charge >= 0.3 is 6.18 Å². The third-order valence-corrected chi connectivity index (χ3v) is 4.09. The van der Waals surface area contributed by atoms with Crippen LogP contribution in [0.5, 0.6) is 0 Å². The van der Waals surface area contributed by atoms with Crippen LogP contribution in [0, 0.1) is 0 Å². The quantitative estimate of drug-likeness (QED) is 0.702. The van der Waals surface area contributed by atoms with E-state index < -0.39 is 11.7 Å². The molecule has 0 aliphatic rings. The molecule has 1 atom stereocenters. The molecule has 0 saturated heterocycles. The Morgan fingerprint density at radius 2 is 2.14 bits per heavy atom. The number of nitrogens with zero attached hydrogens (tertiary/aromatic N) is 1. The number of hydrogen-bond donors (Lipinski definition) is 1. The van der Waals surface area contributed by atoms with E-state index in [-0.39, 0.29) is 17.0 Å². The highest BCUT2D eigenvalue weighted by atomic mass is 35.5. The molecule has 114 valence electrons. The lowest BCUT2D eigenvalue weighted by molar-refractivity contribution is -0.137. The molecule has 2 nitrogen and oxygen atoms in total. The van der Waals surface area contributed by atoms with Gasteiger partial charge in [-0.2, -0.15) is 13.2 Å². The van der Waals surface area contributed by atoms with Gasteiger partial charge in [-0.1, -0.05) is 31.0 Å². The normalized spacial score (nSPS) is 13.2. The Morgan fingerprint density at radius 3 is 2.71 bits per heavy atom. The first-order chi connectivity index (χ1) is 9.90. The van der Waals surface area contributed by atoms with Gasteiger partial charge in [-0.05, 0) is 30.0 Å². The van der Waals surface area contributed by atoms with Crippen LogP contribution in [0.25, 0.3) is 0 Å². The second-order valence-corrected chi connectivity index (χ2v) is 5.93. The Kier molecular flexibility index (Phi) is 5.11. The van der Waals surface area contributed by atoms with E-state index in [4.69, 9.17) is 11.6 Å². The van der Waals surface area contributed by atoms with Crippen LogP contribution >= 0.6 is 22.9 Å². The molecule has 0 saturated carbocycles. The SMILES string of the molecule is CCCC(Nc1cc(C(F)(F)F)cc(Cl)n1)c1cccs1. The number of halogens is 4. The van der Waals surface area contributed by atoms with Crippen LogP contribution in [-0.4, -0.2) is 4.98 Å². The number of pyridine rings is 1. The number of rotatable bonds is 5. The van der Waals surface area contributed by atoms with Gasteiger partial charge < -0.3 is 5.32 Å². The first-order valence-corrected chi connectivity index (χ1v) is 7.70. The predicted molar refractivity (Wildman–Crippen MR) is 79.8 cm³/mol. The largest absolute Gasteiger partial charge is 0.416 e. The highest BCUT2D eigenvalue weighted by Crippen LogP contribution is 2.33. The number of aromatic nitrogens is 1. The lowest BCUT2D eigenvalue weighted by Crippen LogP contribution is -2.12. The lowest BCUT2D eigenvalue weighted by atomic mass is 10.1. The van der Waals surface area contributed by atoms with Crippen molar-refractivity contribution in [2.75, 3.05) is 5.32 Å². The van der Waals surface area contributed by atoms with Crippen LogP contribution in [0.15, 0.2) is 29.6 Å². The fourth-order valence-electron chi connectivity index (χ4n) is 1.98. The molecule has 0 radical (unpaired) electrons. The predicted octanol–water partition coefficient (Wildman–Crippen LogP) is 5.77. The molecule has 1 N–H and O–H groups in total. The van der Waals surface area contributed by atoms with Gasteiger partial charge in [-0.3, -0.25) is 0 Å². The zero-order valence-electron chi connectivity index (χ0n) is 11.2.